The van der Waals surface area contributed by atoms with Gasteiger partial charge in [0.1, 0.15) is 6.10 Å². The van der Waals surface area contributed by atoms with Crippen molar-refractivity contribution in [3.8, 4) is 0 Å². The Hall–Kier alpha value is -1.79. The third kappa shape index (κ3) is 4.74. The van der Waals surface area contributed by atoms with E-state index in [1.807, 2.05) is 0 Å². The number of nitrogens with zero attached hydrogens (tertiary/aromatic N) is 1. The lowest BCUT2D eigenvalue weighted by Gasteiger charge is -2.40. The van der Waals surface area contributed by atoms with Gasteiger partial charge in [-0.25, -0.2) is 4.39 Å². The molecule has 0 spiro atoms. The van der Waals surface area contributed by atoms with E-state index in [1.165, 1.54) is 0 Å². The fourth-order valence-electron chi connectivity index (χ4n) is 3.46. The van der Waals surface area contributed by atoms with Gasteiger partial charge in [0.25, 0.3) is 0 Å². The highest BCUT2D eigenvalue weighted by atomic mass is 35.5. The number of ketones is 1. The summed E-state index contributed by atoms with van der Waals surface area (Å²) in [4.78, 5) is 13.8. The number of hydrogen-bond donors (Lipinski definition) is 2. The highest BCUT2D eigenvalue weighted by molar-refractivity contribution is 6.30. The highest BCUT2D eigenvalue weighted by Gasteiger charge is 2.37. The number of likely N-dealkylation sites (tertiary alicyclic amines) is 1. The molecule has 27 heavy (non-hydrogen) atoms. The first-order valence-electron chi connectivity index (χ1n) is 9.03. The molecule has 1 aliphatic rings. The Morgan fingerprint density at radius 3 is 2.30 bits per heavy atom. The van der Waals surface area contributed by atoms with E-state index in [9.17, 15) is 19.4 Å². The first-order chi connectivity index (χ1) is 12.9. The minimum Gasteiger partial charge on any atom is -0.385 e. The maximum absolute atomic E-state index is 14.6. The van der Waals surface area contributed by atoms with Crippen LogP contribution in [0.4, 0.5) is 4.39 Å². The molecule has 144 valence electrons. The first kappa shape index (κ1) is 20.0. The molecule has 0 aliphatic carbocycles. The van der Waals surface area contributed by atoms with Crippen LogP contribution in [0, 0.1) is 0 Å². The third-order valence-corrected chi connectivity index (χ3v) is 5.43. The molecule has 1 heterocycles. The molecule has 0 amide bonds. The number of Topliss-reactive ketones (excluding diaryl/α,β-unsaturated/α-hetero) is 1. The van der Waals surface area contributed by atoms with Crippen molar-refractivity contribution in [2.45, 2.75) is 37.3 Å². The van der Waals surface area contributed by atoms with Gasteiger partial charge < -0.3 is 10.2 Å². The lowest BCUT2D eigenvalue weighted by molar-refractivity contribution is -0.0613. The van der Waals surface area contributed by atoms with Gasteiger partial charge in [0.15, 0.2) is 12.1 Å². The summed E-state index contributed by atoms with van der Waals surface area (Å²) < 4.78 is 14.6. The molecule has 0 bridgehead atoms. The van der Waals surface area contributed by atoms with Crippen molar-refractivity contribution in [2.24, 2.45) is 0 Å². The van der Waals surface area contributed by atoms with Crippen LogP contribution in [0.1, 0.15) is 35.2 Å². The van der Waals surface area contributed by atoms with Gasteiger partial charge in [-0.05, 0) is 30.5 Å². The highest BCUT2D eigenvalue weighted by Crippen LogP contribution is 2.34. The topological polar surface area (TPSA) is 60.8 Å². The number of carbonyl (C=O) groups is 1. The SMILES string of the molecule is O=C(c1ccccc1)C(O)CC(F)N1CCC(O)(c2ccc(Cl)cc2)CC1. The zero-order valence-corrected chi connectivity index (χ0v) is 15.6. The Kier molecular flexibility index (Phi) is 6.27. The van der Waals surface area contributed by atoms with Crippen LogP contribution in [0.5, 0.6) is 0 Å². The first-order valence-corrected chi connectivity index (χ1v) is 9.41. The lowest BCUT2D eigenvalue weighted by atomic mass is 9.84. The molecule has 1 saturated heterocycles. The number of piperidine rings is 1. The molecule has 0 saturated carbocycles. The van der Waals surface area contributed by atoms with E-state index in [4.69, 9.17) is 11.6 Å². The molecule has 2 atom stereocenters. The summed E-state index contributed by atoms with van der Waals surface area (Å²) >= 11 is 5.89. The molecular formula is C21H23ClFNO3. The van der Waals surface area contributed by atoms with Gasteiger partial charge in [-0.15, -0.1) is 0 Å². The molecule has 2 unspecified atom stereocenters. The smallest absolute Gasteiger partial charge is 0.191 e. The summed E-state index contributed by atoms with van der Waals surface area (Å²) in [5.41, 5.74) is 0.119. The molecule has 2 N–H and O–H groups in total. The van der Waals surface area contributed by atoms with E-state index < -0.39 is 23.8 Å². The van der Waals surface area contributed by atoms with Crippen LogP contribution in [0.3, 0.4) is 0 Å². The lowest BCUT2D eigenvalue weighted by Crippen LogP contribution is -2.47. The van der Waals surface area contributed by atoms with Crippen molar-refractivity contribution in [1.82, 2.24) is 4.90 Å². The number of halogens is 2. The maximum atomic E-state index is 14.6. The molecule has 1 fully saturated rings. The second-order valence-electron chi connectivity index (χ2n) is 6.99. The van der Waals surface area contributed by atoms with Gasteiger partial charge >= 0.3 is 0 Å². The third-order valence-electron chi connectivity index (χ3n) is 5.18. The maximum Gasteiger partial charge on any atom is 0.191 e. The van der Waals surface area contributed by atoms with Gasteiger partial charge in [0, 0.05) is 30.1 Å². The van der Waals surface area contributed by atoms with Gasteiger partial charge in [-0.3, -0.25) is 9.69 Å². The second-order valence-corrected chi connectivity index (χ2v) is 7.43. The molecule has 2 aromatic carbocycles. The predicted molar refractivity (Wildman–Crippen MR) is 102 cm³/mol. The average Bonchev–Trinajstić information content (AvgIpc) is 2.69. The van der Waals surface area contributed by atoms with Crippen LogP contribution < -0.4 is 0 Å². The zero-order chi connectivity index (χ0) is 19.4. The number of benzene rings is 2. The van der Waals surface area contributed by atoms with Crippen molar-refractivity contribution in [3.05, 3.63) is 70.7 Å². The Morgan fingerprint density at radius 2 is 1.70 bits per heavy atom. The monoisotopic (exact) mass is 391 g/mol. The number of aliphatic hydroxyl groups is 2. The molecule has 0 aromatic heterocycles. The molecule has 3 rings (SSSR count). The number of hydrogen-bond acceptors (Lipinski definition) is 4. The quantitative estimate of drug-likeness (QED) is 0.584. The van der Waals surface area contributed by atoms with Crippen molar-refractivity contribution < 1.29 is 19.4 Å². The molecule has 4 nitrogen and oxygen atoms in total. The standard InChI is InChI=1S/C21H23ClFNO3/c22-17-8-6-16(7-9-17)21(27)10-12-24(13-11-21)19(23)14-18(25)20(26)15-4-2-1-3-5-15/h1-9,18-19,25,27H,10-14H2. The van der Waals surface area contributed by atoms with Crippen LogP contribution in [-0.4, -0.2) is 46.4 Å². The van der Waals surface area contributed by atoms with Crippen LogP contribution >= 0.6 is 11.6 Å². The second kappa shape index (κ2) is 8.48. The Labute approximate surface area is 163 Å². The van der Waals surface area contributed by atoms with Crippen LogP contribution in [0.25, 0.3) is 0 Å². The molecular weight excluding hydrogens is 369 g/mol. The molecule has 0 radical (unpaired) electrons. The van der Waals surface area contributed by atoms with E-state index >= 15 is 0 Å². The van der Waals surface area contributed by atoms with E-state index in [0.29, 0.717) is 36.5 Å². The summed E-state index contributed by atoms with van der Waals surface area (Å²) in [6.45, 7) is 0.680. The summed E-state index contributed by atoms with van der Waals surface area (Å²) in [7, 11) is 0. The van der Waals surface area contributed by atoms with Crippen molar-refractivity contribution >= 4 is 17.4 Å². The summed E-state index contributed by atoms with van der Waals surface area (Å²) in [5.74, 6) is -0.479. The van der Waals surface area contributed by atoms with Crippen molar-refractivity contribution in [1.29, 1.82) is 0 Å². The average molecular weight is 392 g/mol. The number of aliphatic hydroxyl groups excluding tert-OH is 1. The number of rotatable bonds is 6. The molecule has 2 aromatic rings. The fraction of sp³-hybridized carbons (Fsp3) is 0.381. The Morgan fingerprint density at radius 1 is 1.11 bits per heavy atom. The summed E-state index contributed by atoms with van der Waals surface area (Å²) in [6, 6.07) is 15.4. The summed E-state index contributed by atoms with van der Waals surface area (Å²) in [6.07, 6.45) is -2.37. The molecule has 6 heteroatoms. The molecule has 1 aliphatic heterocycles. The Balaban J connectivity index is 1.56. The normalized spacial score (nSPS) is 19.4. The van der Waals surface area contributed by atoms with Crippen molar-refractivity contribution in [2.75, 3.05) is 13.1 Å². The zero-order valence-electron chi connectivity index (χ0n) is 14.9. The van der Waals surface area contributed by atoms with Crippen LogP contribution in [0.2, 0.25) is 5.02 Å². The van der Waals surface area contributed by atoms with Crippen LogP contribution in [-0.2, 0) is 5.60 Å². The fourth-order valence-corrected chi connectivity index (χ4v) is 3.58. The minimum atomic E-state index is -1.44. The van der Waals surface area contributed by atoms with Gasteiger partial charge in [-0.1, -0.05) is 54.1 Å². The summed E-state index contributed by atoms with van der Waals surface area (Å²) in [5, 5.41) is 21.6. The van der Waals surface area contributed by atoms with Gasteiger partial charge in [-0.2, -0.15) is 0 Å². The largest absolute Gasteiger partial charge is 0.385 e. The van der Waals surface area contributed by atoms with E-state index in [2.05, 4.69) is 0 Å². The Bertz CT molecular complexity index is 761. The van der Waals surface area contributed by atoms with E-state index in [1.54, 1.807) is 59.5 Å². The van der Waals surface area contributed by atoms with Crippen LogP contribution in [0.15, 0.2) is 54.6 Å². The van der Waals surface area contributed by atoms with Gasteiger partial charge in [0.2, 0.25) is 0 Å². The predicted octanol–water partition coefficient (Wildman–Crippen LogP) is 3.55. The van der Waals surface area contributed by atoms with E-state index in [-0.39, 0.29) is 6.42 Å². The van der Waals surface area contributed by atoms with Crippen molar-refractivity contribution in [3.63, 3.8) is 0 Å². The number of carbonyl (C=O) groups excluding carboxylic acids is 1. The number of alkyl halides is 1. The van der Waals surface area contributed by atoms with Gasteiger partial charge in [0.05, 0.1) is 5.60 Å². The van der Waals surface area contributed by atoms with E-state index in [0.717, 1.165) is 5.56 Å². The minimum absolute atomic E-state index is 0.285.